The fourth-order valence-electron chi connectivity index (χ4n) is 4.68. The highest BCUT2D eigenvalue weighted by Gasteiger charge is 2.32. The van der Waals surface area contributed by atoms with Crippen LogP contribution >= 0.6 is 0 Å². The minimum atomic E-state index is 0.264. The van der Waals surface area contributed by atoms with E-state index in [2.05, 4.69) is 9.80 Å². The quantitative estimate of drug-likeness (QED) is 0.808. The maximum absolute atomic E-state index is 9.59. The van der Waals surface area contributed by atoms with Gasteiger partial charge >= 0.3 is 0 Å². The molecule has 1 N–H and O–H groups in total. The predicted molar refractivity (Wildman–Crippen MR) is 104 cm³/mol. The summed E-state index contributed by atoms with van der Waals surface area (Å²) in [4.78, 5) is 5.17. The molecule has 1 aromatic carbocycles. The highest BCUT2D eigenvalue weighted by molar-refractivity contribution is 5.44. The van der Waals surface area contributed by atoms with Crippen LogP contribution in [0.15, 0.2) is 18.2 Å². The first-order valence-corrected chi connectivity index (χ1v) is 10.1. The van der Waals surface area contributed by atoms with Gasteiger partial charge in [-0.25, -0.2) is 0 Å². The van der Waals surface area contributed by atoms with Crippen LogP contribution in [0.25, 0.3) is 0 Å². The average molecular weight is 363 g/mol. The summed E-state index contributed by atoms with van der Waals surface area (Å²) in [6.45, 7) is 4.23. The van der Waals surface area contributed by atoms with E-state index in [9.17, 15) is 5.11 Å². The summed E-state index contributed by atoms with van der Waals surface area (Å²) >= 11 is 0. The van der Waals surface area contributed by atoms with Crippen LogP contribution in [0.5, 0.6) is 11.5 Å². The number of ether oxygens (including phenoxy) is 2. The first-order chi connectivity index (χ1) is 12.8. The molecular formula is C21H34N2O3. The van der Waals surface area contributed by atoms with Crippen molar-refractivity contribution in [1.29, 1.82) is 0 Å². The summed E-state index contributed by atoms with van der Waals surface area (Å²) in [6.07, 6.45) is 7.60. The predicted octanol–water partition coefficient (Wildman–Crippen LogP) is 2.91. The number of benzene rings is 1. The van der Waals surface area contributed by atoms with Crippen molar-refractivity contribution >= 4 is 0 Å². The summed E-state index contributed by atoms with van der Waals surface area (Å²) < 4.78 is 11.1. The van der Waals surface area contributed by atoms with Crippen molar-refractivity contribution in [2.75, 3.05) is 40.5 Å². The number of hydrogen-bond donors (Lipinski definition) is 1. The van der Waals surface area contributed by atoms with Gasteiger partial charge in [0.15, 0.2) is 0 Å². The summed E-state index contributed by atoms with van der Waals surface area (Å²) in [7, 11) is 3.43. The Balaban J connectivity index is 1.69. The molecule has 5 nitrogen and oxygen atoms in total. The molecule has 1 saturated heterocycles. The standard InChI is InChI=1S/C21H34N2O3/c1-25-20-9-6-10-21(26-2)19(20)16-22-12-13-23(18(15-22)11-14-24)17-7-4-3-5-8-17/h6,9-10,17-18,24H,3-5,7-8,11-16H2,1-2H3. The maximum Gasteiger partial charge on any atom is 0.127 e. The van der Waals surface area contributed by atoms with Crippen LogP contribution in [-0.4, -0.2) is 67.5 Å². The Morgan fingerprint density at radius 3 is 2.35 bits per heavy atom. The Morgan fingerprint density at radius 2 is 1.73 bits per heavy atom. The zero-order valence-corrected chi connectivity index (χ0v) is 16.3. The zero-order chi connectivity index (χ0) is 18.4. The van der Waals surface area contributed by atoms with Crippen molar-refractivity contribution in [1.82, 2.24) is 9.80 Å². The highest BCUT2D eigenvalue weighted by atomic mass is 16.5. The Bertz CT molecular complexity index is 538. The summed E-state index contributed by atoms with van der Waals surface area (Å²) in [5, 5.41) is 9.59. The summed E-state index contributed by atoms with van der Waals surface area (Å²) in [5.74, 6) is 1.77. The molecule has 0 amide bonds. The summed E-state index contributed by atoms with van der Waals surface area (Å²) in [6, 6.07) is 7.13. The second-order valence-corrected chi connectivity index (χ2v) is 7.57. The second kappa shape index (κ2) is 9.58. The third kappa shape index (κ3) is 4.51. The smallest absolute Gasteiger partial charge is 0.127 e. The lowest BCUT2D eigenvalue weighted by molar-refractivity contribution is 0.0132. The molecule has 2 aliphatic rings. The van der Waals surface area contributed by atoms with Gasteiger partial charge in [0.1, 0.15) is 11.5 Å². The Morgan fingerprint density at radius 1 is 1.04 bits per heavy atom. The van der Waals surface area contributed by atoms with Gasteiger partial charge in [0.25, 0.3) is 0 Å². The number of rotatable bonds is 7. The van der Waals surface area contributed by atoms with Crippen LogP contribution in [0, 0.1) is 0 Å². The van der Waals surface area contributed by atoms with Gasteiger partial charge in [-0.2, -0.15) is 0 Å². The highest BCUT2D eigenvalue weighted by Crippen LogP contribution is 2.32. The Labute approximate surface area is 157 Å². The van der Waals surface area contributed by atoms with E-state index < -0.39 is 0 Å². The van der Waals surface area contributed by atoms with E-state index in [1.165, 1.54) is 32.1 Å². The van der Waals surface area contributed by atoms with Crippen molar-refractivity contribution < 1.29 is 14.6 Å². The molecule has 1 aromatic rings. The summed E-state index contributed by atoms with van der Waals surface area (Å²) in [5.41, 5.74) is 1.12. The number of piperazine rings is 1. The van der Waals surface area contributed by atoms with E-state index in [1.54, 1.807) is 14.2 Å². The van der Waals surface area contributed by atoms with Gasteiger partial charge in [0, 0.05) is 44.9 Å². The first-order valence-electron chi connectivity index (χ1n) is 10.1. The SMILES string of the molecule is COc1cccc(OC)c1CN1CCN(C2CCCCC2)C(CCO)C1. The Hall–Kier alpha value is -1.30. The van der Waals surface area contributed by atoms with E-state index >= 15 is 0 Å². The lowest BCUT2D eigenvalue weighted by Gasteiger charge is -2.46. The fourth-order valence-corrected chi connectivity index (χ4v) is 4.68. The zero-order valence-electron chi connectivity index (χ0n) is 16.3. The van der Waals surface area contributed by atoms with Gasteiger partial charge in [-0.15, -0.1) is 0 Å². The molecule has 0 spiro atoms. The van der Waals surface area contributed by atoms with E-state index in [1.807, 2.05) is 18.2 Å². The molecule has 0 aromatic heterocycles. The molecule has 26 heavy (non-hydrogen) atoms. The molecule has 1 aliphatic carbocycles. The number of hydrogen-bond acceptors (Lipinski definition) is 5. The number of nitrogens with zero attached hydrogens (tertiary/aromatic N) is 2. The van der Waals surface area contributed by atoms with Crippen LogP contribution < -0.4 is 9.47 Å². The van der Waals surface area contributed by atoms with Gasteiger partial charge in [-0.05, 0) is 31.4 Å². The third-order valence-corrected chi connectivity index (χ3v) is 6.03. The molecule has 1 unspecified atom stereocenters. The van der Waals surface area contributed by atoms with Gasteiger partial charge in [-0.1, -0.05) is 25.3 Å². The topological polar surface area (TPSA) is 45.2 Å². The molecule has 0 bridgehead atoms. The number of aliphatic hydroxyl groups excluding tert-OH is 1. The second-order valence-electron chi connectivity index (χ2n) is 7.57. The molecule has 1 saturated carbocycles. The molecule has 5 heteroatoms. The van der Waals surface area contributed by atoms with Crippen molar-refractivity contribution in [3.05, 3.63) is 23.8 Å². The third-order valence-electron chi connectivity index (χ3n) is 6.03. The van der Waals surface area contributed by atoms with Crippen molar-refractivity contribution in [3.8, 4) is 11.5 Å². The van der Waals surface area contributed by atoms with Crippen molar-refractivity contribution in [2.45, 2.75) is 57.2 Å². The maximum atomic E-state index is 9.59. The van der Waals surface area contributed by atoms with Gasteiger partial charge < -0.3 is 14.6 Å². The molecule has 1 aliphatic heterocycles. The molecule has 1 atom stereocenters. The van der Waals surface area contributed by atoms with Crippen LogP contribution in [0.1, 0.15) is 44.1 Å². The van der Waals surface area contributed by atoms with Crippen LogP contribution in [0.2, 0.25) is 0 Å². The normalized spacial score (nSPS) is 23.1. The lowest BCUT2D eigenvalue weighted by Crippen LogP contribution is -2.56. The molecular weight excluding hydrogens is 328 g/mol. The van der Waals surface area contributed by atoms with E-state index in [0.29, 0.717) is 12.1 Å². The van der Waals surface area contributed by atoms with Gasteiger partial charge in [0.05, 0.1) is 19.8 Å². The molecule has 1 heterocycles. The van der Waals surface area contributed by atoms with E-state index in [-0.39, 0.29) is 6.61 Å². The van der Waals surface area contributed by atoms with Crippen molar-refractivity contribution in [3.63, 3.8) is 0 Å². The van der Waals surface area contributed by atoms with Crippen molar-refractivity contribution in [2.24, 2.45) is 0 Å². The van der Waals surface area contributed by atoms with Crippen LogP contribution in [0.4, 0.5) is 0 Å². The largest absolute Gasteiger partial charge is 0.496 e. The number of methoxy groups -OCH3 is 2. The number of aliphatic hydroxyl groups is 1. The first kappa shape index (κ1) is 19.5. The van der Waals surface area contributed by atoms with E-state index in [4.69, 9.17) is 9.47 Å². The molecule has 0 radical (unpaired) electrons. The van der Waals surface area contributed by atoms with Crippen LogP contribution in [0.3, 0.4) is 0 Å². The lowest BCUT2D eigenvalue weighted by atomic mass is 9.91. The average Bonchev–Trinajstić information content (AvgIpc) is 2.69. The fraction of sp³-hybridized carbons (Fsp3) is 0.714. The molecule has 2 fully saturated rings. The monoisotopic (exact) mass is 362 g/mol. The minimum absolute atomic E-state index is 0.264. The Kier molecular flexibility index (Phi) is 7.17. The van der Waals surface area contributed by atoms with E-state index in [0.717, 1.165) is 49.7 Å². The van der Waals surface area contributed by atoms with Gasteiger partial charge in [-0.3, -0.25) is 9.80 Å². The van der Waals surface area contributed by atoms with Gasteiger partial charge in [0.2, 0.25) is 0 Å². The molecule has 146 valence electrons. The van der Waals surface area contributed by atoms with Crippen LogP contribution in [-0.2, 0) is 6.54 Å². The minimum Gasteiger partial charge on any atom is -0.496 e. The molecule has 3 rings (SSSR count).